The van der Waals surface area contributed by atoms with E-state index in [1.54, 1.807) is 32.6 Å². The standard InChI is InChI=1S/C17H26N4O6/c1-10-6-21(15(25)19-14(10)24)8-12-5-11(7-20(12)9-13(22)23)18-16(26)27-17(2,3)4/h6,11-12H,5,7-9H2,1-4H3,(H,18,26)(H,22,23)(H,19,24,25)/t11-,12+/m1/s1. The fraction of sp³-hybridized carbons (Fsp3) is 0.647. The van der Waals surface area contributed by atoms with Crippen LogP contribution in [0, 0.1) is 6.92 Å². The van der Waals surface area contributed by atoms with Crippen LogP contribution >= 0.6 is 0 Å². The van der Waals surface area contributed by atoms with E-state index in [1.807, 2.05) is 0 Å². The van der Waals surface area contributed by atoms with Gasteiger partial charge >= 0.3 is 17.8 Å². The Kier molecular flexibility index (Phi) is 6.09. The molecule has 1 aliphatic rings. The molecular weight excluding hydrogens is 356 g/mol. The zero-order chi connectivity index (χ0) is 20.4. The van der Waals surface area contributed by atoms with Gasteiger partial charge in [0.2, 0.25) is 0 Å². The molecule has 0 aliphatic carbocycles. The molecule has 150 valence electrons. The van der Waals surface area contributed by atoms with Gasteiger partial charge in [-0.2, -0.15) is 0 Å². The Morgan fingerprint density at radius 3 is 2.63 bits per heavy atom. The highest BCUT2D eigenvalue weighted by Gasteiger charge is 2.35. The molecule has 1 aromatic heterocycles. The van der Waals surface area contributed by atoms with E-state index in [9.17, 15) is 19.2 Å². The number of hydrogen-bond acceptors (Lipinski definition) is 6. The molecule has 0 aromatic carbocycles. The number of carbonyl (C=O) groups excluding carboxylic acids is 1. The largest absolute Gasteiger partial charge is 0.480 e. The van der Waals surface area contributed by atoms with Crippen molar-refractivity contribution in [2.45, 2.75) is 58.3 Å². The number of ether oxygens (including phenoxy) is 1. The maximum atomic E-state index is 12.0. The summed E-state index contributed by atoms with van der Waals surface area (Å²) in [6.45, 7) is 7.17. The van der Waals surface area contributed by atoms with Crippen LogP contribution in [0.15, 0.2) is 15.8 Å². The first-order chi connectivity index (χ1) is 12.4. The Bertz CT molecular complexity index is 822. The van der Waals surface area contributed by atoms with E-state index >= 15 is 0 Å². The number of carboxylic acids is 1. The predicted octanol–water partition coefficient (Wildman–Crippen LogP) is -0.103. The van der Waals surface area contributed by atoms with Crippen molar-refractivity contribution in [2.24, 2.45) is 0 Å². The number of carboxylic acid groups (broad SMARTS) is 1. The molecule has 0 spiro atoms. The van der Waals surface area contributed by atoms with Crippen molar-refractivity contribution >= 4 is 12.1 Å². The highest BCUT2D eigenvalue weighted by Crippen LogP contribution is 2.19. The quantitative estimate of drug-likeness (QED) is 0.647. The van der Waals surface area contributed by atoms with Crippen LogP contribution < -0.4 is 16.6 Å². The number of aromatic nitrogens is 2. The third-order valence-electron chi connectivity index (χ3n) is 4.18. The van der Waals surface area contributed by atoms with Crippen LogP contribution in [0.4, 0.5) is 4.79 Å². The van der Waals surface area contributed by atoms with Crippen molar-refractivity contribution in [1.82, 2.24) is 19.8 Å². The van der Waals surface area contributed by atoms with Crippen molar-refractivity contribution in [1.29, 1.82) is 0 Å². The number of hydrogen-bond donors (Lipinski definition) is 3. The molecule has 0 bridgehead atoms. The third-order valence-corrected chi connectivity index (χ3v) is 4.18. The summed E-state index contributed by atoms with van der Waals surface area (Å²) in [6.07, 6.45) is 1.34. The number of aromatic amines is 1. The summed E-state index contributed by atoms with van der Waals surface area (Å²) < 4.78 is 6.59. The average Bonchev–Trinajstić information content (AvgIpc) is 2.83. The highest BCUT2D eigenvalue weighted by atomic mass is 16.6. The van der Waals surface area contributed by atoms with E-state index in [-0.39, 0.29) is 25.2 Å². The first-order valence-electron chi connectivity index (χ1n) is 8.70. The van der Waals surface area contributed by atoms with Crippen molar-refractivity contribution in [3.8, 4) is 0 Å². The second-order valence-corrected chi connectivity index (χ2v) is 7.78. The molecule has 3 N–H and O–H groups in total. The lowest BCUT2D eigenvalue weighted by Gasteiger charge is -2.22. The number of alkyl carbamates (subject to hydrolysis) is 1. The maximum Gasteiger partial charge on any atom is 0.407 e. The third kappa shape index (κ3) is 5.95. The van der Waals surface area contributed by atoms with Gasteiger partial charge in [0.1, 0.15) is 5.60 Å². The number of nitrogens with zero attached hydrogens (tertiary/aromatic N) is 2. The highest BCUT2D eigenvalue weighted by molar-refractivity contribution is 5.69. The molecule has 10 heteroatoms. The Morgan fingerprint density at radius 2 is 2.04 bits per heavy atom. The van der Waals surface area contributed by atoms with Crippen LogP contribution in [0.1, 0.15) is 32.8 Å². The molecule has 27 heavy (non-hydrogen) atoms. The maximum absolute atomic E-state index is 12.0. The van der Waals surface area contributed by atoms with Crippen molar-refractivity contribution in [3.63, 3.8) is 0 Å². The predicted molar refractivity (Wildman–Crippen MR) is 96.8 cm³/mol. The molecule has 2 rings (SSSR count). The zero-order valence-corrected chi connectivity index (χ0v) is 15.9. The van der Waals surface area contributed by atoms with Crippen LogP contribution in [0.5, 0.6) is 0 Å². The minimum atomic E-state index is -0.997. The summed E-state index contributed by atoms with van der Waals surface area (Å²) in [4.78, 5) is 50.6. The Hall–Kier alpha value is -2.62. The van der Waals surface area contributed by atoms with Gasteiger partial charge < -0.3 is 15.2 Å². The molecule has 0 unspecified atom stereocenters. The van der Waals surface area contributed by atoms with E-state index in [0.29, 0.717) is 18.5 Å². The summed E-state index contributed by atoms with van der Waals surface area (Å²) >= 11 is 0. The molecule has 1 saturated heterocycles. The number of nitrogens with one attached hydrogen (secondary N) is 2. The molecule has 1 amide bonds. The average molecular weight is 382 g/mol. The molecule has 10 nitrogen and oxygen atoms in total. The molecule has 2 heterocycles. The van der Waals surface area contributed by atoms with E-state index in [0.717, 1.165) is 0 Å². The number of aryl methyl sites for hydroxylation is 1. The number of amides is 1. The number of H-pyrrole nitrogens is 1. The van der Waals surface area contributed by atoms with Gasteiger partial charge in [-0.15, -0.1) is 0 Å². The van der Waals surface area contributed by atoms with Gasteiger partial charge in [0.25, 0.3) is 5.56 Å². The number of rotatable bonds is 5. The van der Waals surface area contributed by atoms with Crippen LogP contribution in [0.2, 0.25) is 0 Å². The summed E-state index contributed by atoms with van der Waals surface area (Å²) in [7, 11) is 0. The minimum Gasteiger partial charge on any atom is -0.480 e. The summed E-state index contributed by atoms with van der Waals surface area (Å²) in [5, 5.41) is 11.9. The molecule has 0 radical (unpaired) electrons. The van der Waals surface area contributed by atoms with E-state index in [2.05, 4.69) is 10.3 Å². The van der Waals surface area contributed by atoms with Gasteiger partial charge in [-0.3, -0.25) is 24.0 Å². The molecule has 1 aliphatic heterocycles. The lowest BCUT2D eigenvalue weighted by Crippen LogP contribution is -2.42. The summed E-state index contributed by atoms with van der Waals surface area (Å²) in [5.41, 5.74) is -1.25. The van der Waals surface area contributed by atoms with Crippen molar-refractivity contribution in [2.75, 3.05) is 13.1 Å². The van der Waals surface area contributed by atoms with Crippen LogP contribution in [0.3, 0.4) is 0 Å². The van der Waals surface area contributed by atoms with Gasteiger partial charge in [-0.05, 0) is 34.1 Å². The smallest absolute Gasteiger partial charge is 0.407 e. The van der Waals surface area contributed by atoms with Gasteiger partial charge in [-0.25, -0.2) is 9.59 Å². The minimum absolute atomic E-state index is 0.205. The fourth-order valence-electron chi connectivity index (χ4n) is 3.10. The number of carbonyl (C=O) groups is 2. The van der Waals surface area contributed by atoms with Crippen molar-refractivity contribution in [3.05, 3.63) is 32.6 Å². The van der Waals surface area contributed by atoms with Crippen molar-refractivity contribution < 1.29 is 19.4 Å². The van der Waals surface area contributed by atoms with Gasteiger partial charge in [0.05, 0.1) is 6.54 Å². The number of aliphatic carboxylic acids is 1. The van der Waals surface area contributed by atoms with E-state index in [1.165, 1.54) is 10.8 Å². The first-order valence-corrected chi connectivity index (χ1v) is 8.70. The van der Waals surface area contributed by atoms with Crippen LogP contribution in [-0.2, 0) is 16.1 Å². The molecule has 0 saturated carbocycles. The normalized spacial score (nSPS) is 20.4. The monoisotopic (exact) mass is 382 g/mol. The first kappa shape index (κ1) is 20.7. The lowest BCUT2D eigenvalue weighted by atomic mass is 10.1. The SMILES string of the molecule is Cc1cn(C[C@@H]2C[C@@H](NC(=O)OC(C)(C)C)CN2CC(=O)O)c(=O)[nH]c1=O. The van der Waals surface area contributed by atoms with Gasteiger partial charge in [0.15, 0.2) is 0 Å². The van der Waals surface area contributed by atoms with Gasteiger partial charge in [0, 0.05) is 36.9 Å². The molecule has 2 atom stereocenters. The Balaban J connectivity index is 2.12. The second kappa shape index (κ2) is 7.95. The number of likely N-dealkylation sites (tertiary alicyclic amines) is 1. The van der Waals surface area contributed by atoms with Gasteiger partial charge in [-0.1, -0.05) is 0 Å². The summed E-state index contributed by atoms with van der Waals surface area (Å²) in [5.74, 6) is -0.997. The van der Waals surface area contributed by atoms with E-state index < -0.39 is 28.9 Å². The lowest BCUT2D eigenvalue weighted by molar-refractivity contribution is -0.138. The molecular formula is C17H26N4O6. The van der Waals surface area contributed by atoms with E-state index in [4.69, 9.17) is 9.84 Å². The van der Waals surface area contributed by atoms with Crippen LogP contribution in [-0.4, -0.2) is 62.4 Å². The van der Waals surface area contributed by atoms with Crippen LogP contribution in [0.25, 0.3) is 0 Å². The zero-order valence-electron chi connectivity index (χ0n) is 15.9. The topological polar surface area (TPSA) is 134 Å². The fourth-order valence-corrected chi connectivity index (χ4v) is 3.10. The molecule has 1 aromatic rings. The molecule has 1 fully saturated rings. The Morgan fingerprint density at radius 1 is 1.37 bits per heavy atom. The second-order valence-electron chi connectivity index (χ2n) is 7.78. The summed E-state index contributed by atoms with van der Waals surface area (Å²) in [6, 6.07) is -0.590. The Labute approximate surface area is 156 Å².